The van der Waals surface area contributed by atoms with Gasteiger partial charge in [-0.2, -0.15) is 0 Å². The minimum absolute atomic E-state index is 0.166. The Balaban J connectivity index is 3.41. The van der Waals surface area contributed by atoms with Crippen molar-refractivity contribution >= 4 is 5.97 Å². The lowest BCUT2D eigenvalue weighted by molar-refractivity contribution is -0.137. The normalized spacial score (nSPS) is 13.4. The van der Waals surface area contributed by atoms with E-state index < -0.39 is 5.97 Å². The van der Waals surface area contributed by atoms with Crippen molar-refractivity contribution in [2.45, 2.75) is 46.0 Å². The Morgan fingerprint density at radius 3 is 2.69 bits per heavy atom. The molecule has 2 nitrogen and oxygen atoms in total. The van der Waals surface area contributed by atoms with Crippen LogP contribution in [-0.4, -0.2) is 11.1 Å². The topological polar surface area (TPSA) is 37.3 Å². The van der Waals surface area contributed by atoms with Crippen LogP contribution in [0.4, 0.5) is 0 Å². The van der Waals surface area contributed by atoms with Crippen molar-refractivity contribution in [3.8, 4) is 0 Å². The van der Waals surface area contributed by atoms with Crippen LogP contribution in [0.5, 0.6) is 0 Å². The van der Waals surface area contributed by atoms with Crippen LogP contribution < -0.4 is 0 Å². The van der Waals surface area contributed by atoms with E-state index in [0.717, 1.165) is 6.42 Å². The number of rotatable bonds is 7. The van der Waals surface area contributed by atoms with Gasteiger partial charge in [0, 0.05) is 0 Å². The average molecular weight is 184 g/mol. The molecule has 2 heteroatoms. The molecule has 0 aromatic rings. The predicted molar refractivity (Wildman–Crippen MR) is 54.7 cm³/mol. The summed E-state index contributed by atoms with van der Waals surface area (Å²) < 4.78 is 0. The van der Waals surface area contributed by atoms with Crippen LogP contribution in [0.1, 0.15) is 46.0 Å². The smallest absolute Gasteiger partial charge is 0.303 e. The number of aliphatic carboxylic acids is 1. The largest absolute Gasteiger partial charge is 0.481 e. The Labute approximate surface area is 80.7 Å². The second kappa shape index (κ2) is 7.84. The molecule has 1 unspecified atom stereocenters. The lowest BCUT2D eigenvalue weighted by Crippen LogP contribution is -2.00. The van der Waals surface area contributed by atoms with E-state index in [1.165, 1.54) is 19.3 Å². The summed E-state index contributed by atoms with van der Waals surface area (Å²) in [7, 11) is 0. The van der Waals surface area contributed by atoms with Crippen LogP contribution >= 0.6 is 0 Å². The number of carbonyl (C=O) groups is 1. The highest BCUT2D eigenvalue weighted by molar-refractivity contribution is 5.67. The van der Waals surface area contributed by atoms with Crippen molar-refractivity contribution in [1.29, 1.82) is 0 Å². The molecular weight excluding hydrogens is 164 g/mol. The van der Waals surface area contributed by atoms with Gasteiger partial charge in [-0.15, -0.1) is 0 Å². The number of carboxylic acid groups (broad SMARTS) is 1. The molecule has 13 heavy (non-hydrogen) atoms. The van der Waals surface area contributed by atoms with Gasteiger partial charge in [0.05, 0.1) is 6.42 Å². The molecule has 0 radical (unpaired) electrons. The SMILES string of the molecule is CCCCC/C=C/C(C)CC(=O)O. The van der Waals surface area contributed by atoms with Crippen LogP contribution in [0.15, 0.2) is 12.2 Å². The molecule has 1 atom stereocenters. The van der Waals surface area contributed by atoms with E-state index >= 15 is 0 Å². The van der Waals surface area contributed by atoms with E-state index in [4.69, 9.17) is 5.11 Å². The Kier molecular flexibility index (Phi) is 7.36. The number of allylic oxidation sites excluding steroid dienone is 2. The van der Waals surface area contributed by atoms with E-state index in [-0.39, 0.29) is 12.3 Å². The van der Waals surface area contributed by atoms with Crippen molar-refractivity contribution in [1.82, 2.24) is 0 Å². The fourth-order valence-electron chi connectivity index (χ4n) is 1.18. The van der Waals surface area contributed by atoms with Crippen molar-refractivity contribution in [3.63, 3.8) is 0 Å². The Morgan fingerprint density at radius 1 is 1.46 bits per heavy atom. The molecule has 0 aliphatic heterocycles. The lowest BCUT2D eigenvalue weighted by Gasteiger charge is -2.00. The van der Waals surface area contributed by atoms with Crippen molar-refractivity contribution in [2.24, 2.45) is 5.92 Å². The molecule has 0 saturated heterocycles. The Hall–Kier alpha value is -0.790. The summed E-state index contributed by atoms with van der Waals surface area (Å²) in [5.74, 6) is -0.551. The molecule has 1 N–H and O–H groups in total. The third-order valence-corrected chi connectivity index (χ3v) is 1.94. The minimum Gasteiger partial charge on any atom is -0.481 e. The molecule has 0 aliphatic rings. The molecule has 0 aliphatic carbocycles. The van der Waals surface area contributed by atoms with E-state index in [1.807, 2.05) is 13.0 Å². The van der Waals surface area contributed by atoms with Gasteiger partial charge in [-0.05, 0) is 18.8 Å². The maximum absolute atomic E-state index is 10.3. The molecule has 0 bridgehead atoms. The van der Waals surface area contributed by atoms with E-state index in [2.05, 4.69) is 13.0 Å². The third kappa shape index (κ3) is 9.12. The van der Waals surface area contributed by atoms with Crippen LogP contribution in [0.3, 0.4) is 0 Å². The Bertz CT molecular complexity index is 161. The molecule has 0 aromatic heterocycles. The van der Waals surface area contributed by atoms with E-state index in [0.29, 0.717) is 0 Å². The zero-order chi connectivity index (χ0) is 10.1. The quantitative estimate of drug-likeness (QED) is 0.487. The molecular formula is C11H20O2. The first kappa shape index (κ1) is 12.2. The zero-order valence-electron chi connectivity index (χ0n) is 8.62. The predicted octanol–water partition coefficient (Wildman–Crippen LogP) is 3.23. The highest BCUT2D eigenvalue weighted by Crippen LogP contribution is 2.06. The second-order valence-corrected chi connectivity index (χ2v) is 3.50. The summed E-state index contributed by atoms with van der Waals surface area (Å²) in [4.78, 5) is 10.3. The van der Waals surface area contributed by atoms with Gasteiger partial charge in [-0.25, -0.2) is 0 Å². The van der Waals surface area contributed by atoms with Crippen LogP contribution in [-0.2, 0) is 4.79 Å². The maximum Gasteiger partial charge on any atom is 0.303 e. The Morgan fingerprint density at radius 2 is 2.15 bits per heavy atom. The summed E-state index contributed by atoms with van der Waals surface area (Å²) in [6.07, 6.45) is 9.14. The summed E-state index contributed by atoms with van der Waals surface area (Å²) in [5.41, 5.74) is 0. The zero-order valence-corrected chi connectivity index (χ0v) is 8.62. The number of carboxylic acids is 1. The van der Waals surface area contributed by atoms with Gasteiger partial charge in [0.1, 0.15) is 0 Å². The number of unbranched alkanes of at least 4 members (excludes halogenated alkanes) is 3. The maximum atomic E-state index is 10.3. The molecule has 0 spiro atoms. The summed E-state index contributed by atoms with van der Waals surface area (Å²) >= 11 is 0. The van der Waals surface area contributed by atoms with Gasteiger partial charge in [0.2, 0.25) is 0 Å². The van der Waals surface area contributed by atoms with Gasteiger partial charge in [0.25, 0.3) is 0 Å². The highest BCUT2D eigenvalue weighted by Gasteiger charge is 2.02. The van der Waals surface area contributed by atoms with Gasteiger partial charge in [0.15, 0.2) is 0 Å². The van der Waals surface area contributed by atoms with Crippen molar-refractivity contribution in [3.05, 3.63) is 12.2 Å². The van der Waals surface area contributed by atoms with Crippen molar-refractivity contribution in [2.75, 3.05) is 0 Å². The van der Waals surface area contributed by atoms with Gasteiger partial charge >= 0.3 is 5.97 Å². The number of hydrogen-bond donors (Lipinski definition) is 1. The van der Waals surface area contributed by atoms with E-state index in [9.17, 15) is 4.79 Å². The second-order valence-electron chi connectivity index (χ2n) is 3.50. The standard InChI is InChI=1S/C11H20O2/c1-3-4-5-6-7-8-10(2)9-11(12)13/h7-8,10H,3-6,9H2,1-2H3,(H,12,13)/b8-7+. The minimum atomic E-state index is -0.717. The number of hydrogen-bond acceptors (Lipinski definition) is 1. The first-order valence-corrected chi connectivity index (χ1v) is 5.05. The van der Waals surface area contributed by atoms with Gasteiger partial charge < -0.3 is 5.11 Å². The molecule has 0 heterocycles. The molecule has 0 saturated carbocycles. The monoisotopic (exact) mass is 184 g/mol. The molecule has 76 valence electrons. The molecule has 0 amide bonds. The molecule has 0 fully saturated rings. The van der Waals surface area contributed by atoms with Gasteiger partial charge in [-0.3, -0.25) is 4.79 Å². The summed E-state index contributed by atoms with van der Waals surface area (Å²) in [5, 5.41) is 8.49. The van der Waals surface area contributed by atoms with E-state index in [1.54, 1.807) is 0 Å². The van der Waals surface area contributed by atoms with Crippen LogP contribution in [0.2, 0.25) is 0 Å². The summed E-state index contributed by atoms with van der Waals surface area (Å²) in [6, 6.07) is 0. The third-order valence-electron chi connectivity index (χ3n) is 1.94. The fraction of sp³-hybridized carbons (Fsp3) is 0.727. The highest BCUT2D eigenvalue weighted by atomic mass is 16.4. The summed E-state index contributed by atoms with van der Waals surface area (Å²) in [6.45, 7) is 4.11. The van der Waals surface area contributed by atoms with Crippen LogP contribution in [0, 0.1) is 5.92 Å². The lowest BCUT2D eigenvalue weighted by atomic mass is 10.1. The van der Waals surface area contributed by atoms with Crippen LogP contribution in [0.25, 0.3) is 0 Å². The first-order chi connectivity index (χ1) is 6.16. The van der Waals surface area contributed by atoms with Gasteiger partial charge in [-0.1, -0.05) is 38.8 Å². The average Bonchev–Trinajstić information content (AvgIpc) is 2.02. The fourth-order valence-corrected chi connectivity index (χ4v) is 1.18. The molecule has 0 rings (SSSR count). The first-order valence-electron chi connectivity index (χ1n) is 5.05. The molecule has 0 aromatic carbocycles. The van der Waals surface area contributed by atoms with Crippen molar-refractivity contribution < 1.29 is 9.90 Å².